The van der Waals surface area contributed by atoms with Gasteiger partial charge in [-0.2, -0.15) is 0 Å². The summed E-state index contributed by atoms with van der Waals surface area (Å²) in [6.45, 7) is 0. The molecule has 0 aliphatic rings. The second kappa shape index (κ2) is 11.1. The first-order valence-corrected chi connectivity index (χ1v) is 14.9. The van der Waals surface area contributed by atoms with Gasteiger partial charge in [0.25, 0.3) is 0 Å². The van der Waals surface area contributed by atoms with Gasteiger partial charge in [-0.25, -0.2) is 0 Å². The minimum atomic E-state index is 0.921. The summed E-state index contributed by atoms with van der Waals surface area (Å²) in [7, 11) is 0. The standard InChI is InChI=1S/C42H29NO/c1-2-7-29(8-3-1)30-13-15-31(16-14-30)33-21-25-36(26-22-33)43-37-27-23-34(24-28-37)32-17-19-35(20-18-32)38-10-6-11-40-39-9-4-5-12-41(39)44-42(38)40/h1-28,43H. The van der Waals surface area contributed by atoms with Crippen molar-refractivity contribution in [3.05, 3.63) is 170 Å². The first-order chi connectivity index (χ1) is 21.8. The second-order valence-corrected chi connectivity index (χ2v) is 11.1. The smallest absolute Gasteiger partial charge is 0.143 e. The molecule has 0 amide bonds. The summed E-state index contributed by atoms with van der Waals surface area (Å²) in [6, 6.07) is 59.8. The fraction of sp³-hybridized carbons (Fsp3) is 0. The topological polar surface area (TPSA) is 25.2 Å². The summed E-state index contributed by atoms with van der Waals surface area (Å²) in [5.74, 6) is 0. The maximum absolute atomic E-state index is 6.26. The van der Waals surface area contributed by atoms with Crippen LogP contribution in [0.25, 0.3) is 66.4 Å². The van der Waals surface area contributed by atoms with Gasteiger partial charge in [-0.15, -0.1) is 0 Å². The Morgan fingerprint density at radius 2 is 0.750 bits per heavy atom. The summed E-state index contributed by atoms with van der Waals surface area (Å²) < 4.78 is 6.26. The van der Waals surface area contributed by atoms with E-state index in [1.54, 1.807) is 0 Å². The van der Waals surface area contributed by atoms with Gasteiger partial charge in [-0.1, -0.05) is 140 Å². The minimum Gasteiger partial charge on any atom is -0.455 e. The van der Waals surface area contributed by atoms with E-state index in [0.29, 0.717) is 0 Å². The van der Waals surface area contributed by atoms with Gasteiger partial charge in [0.2, 0.25) is 0 Å². The molecule has 1 aromatic heterocycles. The summed E-state index contributed by atoms with van der Waals surface area (Å²) in [5.41, 5.74) is 13.5. The van der Waals surface area contributed by atoms with E-state index in [4.69, 9.17) is 4.42 Å². The predicted molar refractivity (Wildman–Crippen MR) is 185 cm³/mol. The van der Waals surface area contributed by atoms with Crippen LogP contribution in [0.5, 0.6) is 0 Å². The lowest BCUT2D eigenvalue weighted by atomic mass is 9.98. The summed E-state index contributed by atoms with van der Waals surface area (Å²) >= 11 is 0. The molecule has 0 bridgehead atoms. The van der Waals surface area contributed by atoms with Crippen LogP contribution >= 0.6 is 0 Å². The highest BCUT2D eigenvalue weighted by molar-refractivity contribution is 6.09. The summed E-state index contributed by atoms with van der Waals surface area (Å²) in [4.78, 5) is 0. The van der Waals surface area contributed by atoms with Crippen molar-refractivity contribution in [1.29, 1.82) is 0 Å². The van der Waals surface area contributed by atoms with E-state index >= 15 is 0 Å². The molecule has 0 aliphatic carbocycles. The monoisotopic (exact) mass is 563 g/mol. The Morgan fingerprint density at radius 1 is 0.318 bits per heavy atom. The zero-order chi connectivity index (χ0) is 29.3. The fourth-order valence-electron chi connectivity index (χ4n) is 5.96. The molecule has 0 unspecified atom stereocenters. The quantitative estimate of drug-likeness (QED) is 0.218. The molecule has 0 saturated heterocycles. The zero-order valence-corrected chi connectivity index (χ0v) is 24.1. The Balaban J connectivity index is 0.959. The van der Waals surface area contributed by atoms with E-state index in [1.807, 2.05) is 18.2 Å². The molecule has 2 nitrogen and oxygen atoms in total. The lowest BCUT2D eigenvalue weighted by Gasteiger charge is -2.10. The average Bonchev–Trinajstić information content (AvgIpc) is 3.49. The number of anilines is 2. The molecular weight excluding hydrogens is 534 g/mol. The Bertz CT molecular complexity index is 2190. The SMILES string of the molecule is c1ccc(-c2ccc(-c3ccc(Nc4ccc(-c5ccc(-c6cccc7c6oc6ccccc67)cc5)cc4)cc3)cc2)cc1. The lowest BCUT2D eigenvalue weighted by molar-refractivity contribution is 0.670. The van der Waals surface area contributed by atoms with Crippen molar-refractivity contribution < 1.29 is 4.42 Å². The van der Waals surface area contributed by atoms with Gasteiger partial charge in [0.1, 0.15) is 11.2 Å². The van der Waals surface area contributed by atoms with Gasteiger partial charge in [0.05, 0.1) is 0 Å². The third kappa shape index (κ3) is 4.93. The van der Waals surface area contributed by atoms with Crippen LogP contribution < -0.4 is 5.32 Å². The third-order valence-electron chi connectivity index (χ3n) is 8.32. The van der Waals surface area contributed by atoms with Crippen LogP contribution in [0.4, 0.5) is 11.4 Å². The Labute approximate surface area is 256 Å². The van der Waals surface area contributed by atoms with E-state index in [2.05, 4.69) is 157 Å². The van der Waals surface area contributed by atoms with Crippen molar-refractivity contribution in [2.45, 2.75) is 0 Å². The Kier molecular flexibility index (Phi) is 6.51. The third-order valence-corrected chi connectivity index (χ3v) is 8.32. The second-order valence-electron chi connectivity index (χ2n) is 11.1. The number of benzene rings is 7. The first-order valence-electron chi connectivity index (χ1n) is 14.9. The van der Waals surface area contributed by atoms with Crippen molar-refractivity contribution in [2.24, 2.45) is 0 Å². The van der Waals surface area contributed by atoms with E-state index < -0.39 is 0 Å². The van der Waals surface area contributed by atoms with Crippen molar-refractivity contribution in [1.82, 2.24) is 0 Å². The molecule has 1 N–H and O–H groups in total. The molecule has 0 atom stereocenters. The molecule has 0 radical (unpaired) electrons. The van der Waals surface area contributed by atoms with Crippen LogP contribution in [0.1, 0.15) is 0 Å². The van der Waals surface area contributed by atoms with Crippen LogP contribution in [0, 0.1) is 0 Å². The molecule has 7 aromatic carbocycles. The van der Waals surface area contributed by atoms with E-state index in [-0.39, 0.29) is 0 Å². The average molecular weight is 564 g/mol. The molecule has 8 rings (SSSR count). The molecule has 2 heteroatoms. The van der Waals surface area contributed by atoms with Crippen molar-refractivity contribution in [3.8, 4) is 44.5 Å². The van der Waals surface area contributed by atoms with Gasteiger partial charge in [-0.3, -0.25) is 0 Å². The predicted octanol–water partition coefficient (Wildman–Crippen LogP) is 12.0. The van der Waals surface area contributed by atoms with Crippen LogP contribution in [0.3, 0.4) is 0 Å². The van der Waals surface area contributed by atoms with Gasteiger partial charge >= 0.3 is 0 Å². The number of fused-ring (bicyclic) bond motifs is 3. The molecule has 0 spiro atoms. The normalized spacial score (nSPS) is 11.2. The molecule has 44 heavy (non-hydrogen) atoms. The number of para-hydroxylation sites is 2. The number of furan rings is 1. The largest absolute Gasteiger partial charge is 0.455 e. The molecule has 8 aromatic rings. The van der Waals surface area contributed by atoms with Crippen LogP contribution in [0.15, 0.2) is 174 Å². The molecule has 0 aliphatic heterocycles. The molecule has 0 fully saturated rings. The van der Waals surface area contributed by atoms with Crippen molar-refractivity contribution >= 4 is 33.3 Å². The van der Waals surface area contributed by atoms with E-state index in [0.717, 1.165) is 44.4 Å². The number of rotatable bonds is 6. The maximum Gasteiger partial charge on any atom is 0.143 e. The summed E-state index contributed by atoms with van der Waals surface area (Å²) in [5, 5.41) is 5.84. The Morgan fingerprint density at radius 3 is 1.32 bits per heavy atom. The summed E-state index contributed by atoms with van der Waals surface area (Å²) in [6.07, 6.45) is 0. The van der Waals surface area contributed by atoms with Crippen LogP contribution in [-0.4, -0.2) is 0 Å². The maximum atomic E-state index is 6.26. The van der Waals surface area contributed by atoms with Crippen molar-refractivity contribution in [2.75, 3.05) is 5.32 Å². The van der Waals surface area contributed by atoms with E-state index in [9.17, 15) is 0 Å². The fourth-order valence-corrected chi connectivity index (χ4v) is 5.96. The number of nitrogens with one attached hydrogen (secondary N) is 1. The Hall–Kier alpha value is -5.86. The van der Waals surface area contributed by atoms with Crippen LogP contribution in [-0.2, 0) is 0 Å². The van der Waals surface area contributed by atoms with Gasteiger partial charge in [0, 0.05) is 27.7 Å². The van der Waals surface area contributed by atoms with Crippen molar-refractivity contribution in [3.63, 3.8) is 0 Å². The number of hydrogen-bond acceptors (Lipinski definition) is 2. The molecule has 208 valence electrons. The van der Waals surface area contributed by atoms with Gasteiger partial charge in [-0.05, 0) is 69.3 Å². The lowest BCUT2D eigenvalue weighted by Crippen LogP contribution is -1.90. The highest BCUT2D eigenvalue weighted by atomic mass is 16.3. The number of hydrogen-bond donors (Lipinski definition) is 1. The molecular formula is C42H29NO. The zero-order valence-electron chi connectivity index (χ0n) is 24.1. The highest BCUT2D eigenvalue weighted by Gasteiger charge is 2.12. The van der Waals surface area contributed by atoms with Gasteiger partial charge < -0.3 is 9.73 Å². The first kappa shape index (κ1) is 25.8. The van der Waals surface area contributed by atoms with Crippen LogP contribution in [0.2, 0.25) is 0 Å². The van der Waals surface area contributed by atoms with E-state index in [1.165, 1.54) is 33.4 Å². The molecule has 0 saturated carbocycles. The minimum absolute atomic E-state index is 0.921. The molecule has 1 heterocycles. The van der Waals surface area contributed by atoms with Gasteiger partial charge in [0.15, 0.2) is 0 Å². The highest BCUT2D eigenvalue weighted by Crippen LogP contribution is 2.36.